The van der Waals surface area contributed by atoms with Gasteiger partial charge in [0.25, 0.3) is 0 Å². The maximum Gasteiger partial charge on any atom is 0.246 e. The van der Waals surface area contributed by atoms with Crippen LogP contribution in [0.25, 0.3) is 0 Å². The maximum absolute atomic E-state index is 14.5. The fourth-order valence-electron chi connectivity index (χ4n) is 11.0. The summed E-state index contributed by atoms with van der Waals surface area (Å²) < 4.78 is 24.5. The van der Waals surface area contributed by atoms with Gasteiger partial charge in [-0.2, -0.15) is 0 Å². The Hall–Kier alpha value is -3.94. The molecule has 5 N–H and O–H groups in total. The maximum atomic E-state index is 14.5. The van der Waals surface area contributed by atoms with E-state index in [0.717, 1.165) is 56.9 Å². The van der Waals surface area contributed by atoms with Crippen LogP contribution in [0.1, 0.15) is 112 Å². The van der Waals surface area contributed by atoms with Gasteiger partial charge in [-0.3, -0.25) is 28.8 Å². The lowest BCUT2D eigenvalue weighted by molar-refractivity contribution is -0.201. The van der Waals surface area contributed by atoms with Crippen LogP contribution in [-0.4, -0.2) is 109 Å². The van der Waals surface area contributed by atoms with Crippen LogP contribution >= 0.6 is 0 Å². The van der Waals surface area contributed by atoms with Crippen molar-refractivity contribution in [2.45, 2.75) is 160 Å². The Labute approximate surface area is 353 Å². The molecule has 0 radical (unpaired) electrons. The van der Waals surface area contributed by atoms with E-state index in [9.17, 15) is 33.9 Å². The molecule has 1 aliphatic heterocycles. The van der Waals surface area contributed by atoms with Crippen LogP contribution < -0.4 is 21.3 Å². The molecule has 5 aliphatic carbocycles. The normalized spacial score (nSPS) is 35.5. The number of carbonyl (C=O) groups excluding carboxylic acids is 6. The molecule has 1 saturated heterocycles. The lowest BCUT2D eigenvalue weighted by Gasteiger charge is -2.59. The van der Waals surface area contributed by atoms with E-state index in [-0.39, 0.29) is 55.4 Å². The molecule has 13 atom stereocenters. The molecule has 15 heteroatoms. The number of hydrogen-bond donors (Lipinski definition) is 5. The molecule has 0 aromatic rings. The molecule has 1 heterocycles. The van der Waals surface area contributed by atoms with E-state index in [2.05, 4.69) is 40.0 Å². The summed E-state index contributed by atoms with van der Waals surface area (Å²) in [6.07, 6.45) is 11.6. The SMILES string of the molecule is CCCC1O[C@@H]2C[C@H]3[C@@H]4CCC5=CC(=O)C=C[C@]5(C)[C@H]4[C@@H](O)C[C@]3(C)[C@]2(C(=O)COCNC(=O)[C@H](C)NC(=O)[C@@H](C)NC(=O)[C@H](C)NC(=O)COC2C#CCCCCC2)O1. The van der Waals surface area contributed by atoms with Gasteiger partial charge in [0.15, 0.2) is 23.5 Å². The minimum absolute atomic E-state index is 0.0146. The van der Waals surface area contributed by atoms with Gasteiger partial charge in [-0.1, -0.05) is 51.2 Å². The lowest BCUT2D eigenvalue weighted by atomic mass is 9.46. The first-order valence-electron chi connectivity index (χ1n) is 21.9. The van der Waals surface area contributed by atoms with Crippen molar-refractivity contribution in [2.75, 3.05) is 19.9 Å². The highest BCUT2D eigenvalue weighted by atomic mass is 16.7. The number of aliphatic hydroxyl groups is 1. The van der Waals surface area contributed by atoms with Crippen molar-refractivity contribution >= 4 is 35.2 Å². The van der Waals surface area contributed by atoms with Crippen LogP contribution in [0.2, 0.25) is 0 Å². The van der Waals surface area contributed by atoms with Crippen LogP contribution in [0, 0.1) is 40.4 Å². The van der Waals surface area contributed by atoms with Crippen molar-refractivity contribution in [2.24, 2.45) is 28.6 Å². The first-order valence-corrected chi connectivity index (χ1v) is 21.9. The van der Waals surface area contributed by atoms with Gasteiger partial charge in [0.2, 0.25) is 23.6 Å². The van der Waals surface area contributed by atoms with Gasteiger partial charge in [0.05, 0.1) is 12.2 Å². The van der Waals surface area contributed by atoms with Gasteiger partial charge in [-0.15, -0.1) is 5.92 Å². The van der Waals surface area contributed by atoms with E-state index in [1.165, 1.54) is 20.8 Å². The van der Waals surface area contributed by atoms with Crippen LogP contribution in [0.4, 0.5) is 0 Å². The molecular formula is C45H64N4O11. The number of fused-ring (bicyclic) bond motifs is 7. The monoisotopic (exact) mass is 836 g/mol. The predicted octanol–water partition coefficient (Wildman–Crippen LogP) is 2.68. The zero-order chi connectivity index (χ0) is 43.4. The van der Waals surface area contributed by atoms with Gasteiger partial charge in [0.1, 0.15) is 44.2 Å². The molecule has 0 spiro atoms. The highest BCUT2D eigenvalue weighted by Gasteiger charge is 2.75. The fourth-order valence-corrected chi connectivity index (χ4v) is 11.0. The number of ether oxygens (including phenoxy) is 4. The molecule has 330 valence electrons. The standard InChI is InChI=1S/C45H64N4O11/c1-7-13-38-59-36-21-33-32-17-16-29-20-30(50)18-19-43(29,5)39(32)34(51)22-44(33,6)45(36,60-38)35(52)23-57-25-46-40(54)26(2)48-42(56)28(4)49-41(55)27(3)47-37(53)24-58-31-14-11-9-8-10-12-15-31/h18-20,26-28,31-34,36,38-39,51H,7-11,13-14,16-17,21-25H2,1-6H3,(H,46,54)(H,47,53)(H,48,56)(H,49,55)/t26-,27-,28+,31?,32-,33-,34-,36+,38?,39+,43-,44-,45+/m0/s1. The largest absolute Gasteiger partial charge is 0.393 e. The second-order valence-corrected chi connectivity index (χ2v) is 18.1. The highest BCUT2D eigenvalue weighted by molar-refractivity contribution is 6.01. The summed E-state index contributed by atoms with van der Waals surface area (Å²) in [4.78, 5) is 77.8. The molecule has 0 aromatic heterocycles. The molecule has 3 saturated carbocycles. The zero-order valence-electron chi connectivity index (χ0n) is 35.9. The number of aliphatic hydroxyl groups excluding tert-OH is 1. The van der Waals surface area contributed by atoms with E-state index in [0.29, 0.717) is 19.3 Å². The van der Waals surface area contributed by atoms with Crippen LogP contribution in [-0.2, 0) is 47.7 Å². The summed E-state index contributed by atoms with van der Waals surface area (Å²) in [5.74, 6) is 3.45. The van der Waals surface area contributed by atoms with Gasteiger partial charge in [-0.05, 0) is 96.1 Å². The summed E-state index contributed by atoms with van der Waals surface area (Å²) >= 11 is 0. The molecule has 0 bridgehead atoms. The Morgan fingerprint density at radius 2 is 1.68 bits per heavy atom. The van der Waals surface area contributed by atoms with Gasteiger partial charge in [-0.25, -0.2) is 0 Å². The van der Waals surface area contributed by atoms with Crippen molar-refractivity contribution in [3.63, 3.8) is 0 Å². The van der Waals surface area contributed by atoms with Gasteiger partial charge in [0, 0.05) is 23.2 Å². The van der Waals surface area contributed by atoms with Crippen LogP contribution in [0.3, 0.4) is 0 Å². The first-order chi connectivity index (χ1) is 28.5. The summed E-state index contributed by atoms with van der Waals surface area (Å²) in [6, 6.07) is -2.99. The summed E-state index contributed by atoms with van der Waals surface area (Å²) in [5.41, 5.74) is -1.53. The molecule has 6 aliphatic rings. The summed E-state index contributed by atoms with van der Waals surface area (Å²) in [6.45, 7) is 9.66. The molecule has 4 amide bonds. The number of ketones is 2. The first kappa shape index (κ1) is 45.6. The van der Waals surface area contributed by atoms with E-state index >= 15 is 0 Å². The number of carbonyl (C=O) groups is 6. The third-order valence-electron chi connectivity index (χ3n) is 14.0. The van der Waals surface area contributed by atoms with E-state index in [4.69, 9.17) is 18.9 Å². The van der Waals surface area contributed by atoms with Crippen LogP contribution in [0.15, 0.2) is 23.8 Å². The molecular weight excluding hydrogens is 773 g/mol. The molecule has 2 unspecified atom stereocenters. The Morgan fingerprint density at radius 3 is 2.42 bits per heavy atom. The smallest absolute Gasteiger partial charge is 0.246 e. The molecule has 60 heavy (non-hydrogen) atoms. The second-order valence-electron chi connectivity index (χ2n) is 18.1. The van der Waals surface area contributed by atoms with Crippen molar-refractivity contribution in [1.29, 1.82) is 0 Å². The minimum Gasteiger partial charge on any atom is -0.393 e. The molecule has 15 nitrogen and oxygen atoms in total. The van der Waals surface area contributed by atoms with E-state index in [1.807, 2.05) is 19.9 Å². The lowest BCUT2D eigenvalue weighted by Crippen LogP contribution is -2.63. The number of rotatable bonds is 16. The molecule has 0 aromatic carbocycles. The Morgan fingerprint density at radius 1 is 0.967 bits per heavy atom. The fraction of sp³-hybridized carbons (Fsp3) is 0.733. The number of Topliss-reactive ketones (excluding diaryl/α,β-unsaturated/α-hetero) is 1. The highest BCUT2D eigenvalue weighted by Crippen LogP contribution is 2.69. The van der Waals surface area contributed by atoms with E-state index < -0.39 is 76.7 Å². The van der Waals surface area contributed by atoms with Crippen LogP contribution in [0.5, 0.6) is 0 Å². The van der Waals surface area contributed by atoms with Gasteiger partial charge >= 0.3 is 0 Å². The van der Waals surface area contributed by atoms with Gasteiger partial charge < -0.3 is 45.3 Å². The average Bonchev–Trinajstić information content (AvgIpc) is 3.67. The summed E-state index contributed by atoms with van der Waals surface area (Å²) in [5, 5.41) is 22.2. The second kappa shape index (κ2) is 19.0. The number of amides is 4. The quantitative estimate of drug-likeness (QED) is 0.0868. The zero-order valence-corrected chi connectivity index (χ0v) is 35.9. The predicted molar refractivity (Wildman–Crippen MR) is 218 cm³/mol. The van der Waals surface area contributed by atoms with Crippen molar-refractivity contribution < 1.29 is 52.8 Å². The Balaban J connectivity index is 0.980. The summed E-state index contributed by atoms with van der Waals surface area (Å²) in [7, 11) is 0. The van der Waals surface area contributed by atoms with Crippen molar-refractivity contribution in [1.82, 2.24) is 21.3 Å². The number of allylic oxidation sites excluding steroid dienone is 4. The topological polar surface area (TPSA) is 208 Å². The molecule has 6 rings (SSSR count). The number of nitrogens with one attached hydrogen (secondary N) is 4. The molecule has 4 fully saturated rings. The van der Waals surface area contributed by atoms with E-state index in [1.54, 1.807) is 12.2 Å². The Kier molecular flexibility index (Phi) is 14.4. The average molecular weight is 837 g/mol. The minimum atomic E-state index is -1.36. The number of hydrogen-bond acceptors (Lipinski definition) is 11. The third kappa shape index (κ3) is 9.14. The third-order valence-corrected chi connectivity index (χ3v) is 14.0. The van der Waals surface area contributed by atoms with Crippen molar-refractivity contribution in [3.05, 3.63) is 23.8 Å². The van der Waals surface area contributed by atoms with Crippen molar-refractivity contribution in [3.8, 4) is 11.8 Å². The Bertz CT molecular complexity index is 1800.